The van der Waals surface area contributed by atoms with Gasteiger partial charge in [0.05, 0.1) is 23.3 Å². The zero-order valence-electron chi connectivity index (χ0n) is 13.5. The van der Waals surface area contributed by atoms with E-state index in [-0.39, 0.29) is 5.91 Å². The maximum Gasteiger partial charge on any atom is 0.252 e. The van der Waals surface area contributed by atoms with E-state index < -0.39 is 0 Å². The van der Waals surface area contributed by atoms with E-state index in [4.69, 9.17) is 9.94 Å². The first-order valence-electron chi connectivity index (χ1n) is 7.95. The Morgan fingerprint density at radius 2 is 2.29 bits per heavy atom. The molecule has 3 rings (SSSR count). The number of oxime groups is 1. The van der Waals surface area contributed by atoms with E-state index >= 15 is 0 Å². The number of carbonyl (C=O) groups excluding carboxylic acids is 1. The number of nitrogens with one attached hydrogen (secondary N) is 1. The molecule has 0 unspecified atom stereocenters. The number of rotatable bonds is 5. The lowest BCUT2D eigenvalue weighted by Crippen LogP contribution is -2.26. The van der Waals surface area contributed by atoms with E-state index in [0.29, 0.717) is 17.8 Å². The molecule has 1 aliphatic carbocycles. The highest BCUT2D eigenvalue weighted by molar-refractivity contribution is 7.12. The van der Waals surface area contributed by atoms with Crippen molar-refractivity contribution in [3.05, 3.63) is 51.2 Å². The molecule has 1 aromatic heterocycles. The van der Waals surface area contributed by atoms with Crippen molar-refractivity contribution < 1.29 is 14.7 Å². The minimum Gasteiger partial charge on any atom is -0.497 e. The summed E-state index contributed by atoms with van der Waals surface area (Å²) in [5, 5.41) is 17.3. The molecule has 0 bridgehead atoms. The Bertz CT molecular complexity index is 767. The summed E-state index contributed by atoms with van der Waals surface area (Å²) in [6.45, 7) is 0.567. The SMILES string of the molecule is COc1cccc(CCNC(=O)c2csc3c2CCC/C3=N/O)c1. The zero-order valence-corrected chi connectivity index (χ0v) is 14.4. The molecule has 24 heavy (non-hydrogen) atoms. The van der Waals surface area contributed by atoms with Gasteiger partial charge in [-0.05, 0) is 48.9 Å². The summed E-state index contributed by atoms with van der Waals surface area (Å²) in [6.07, 6.45) is 3.28. The Morgan fingerprint density at radius 3 is 3.08 bits per heavy atom. The van der Waals surface area contributed by atoms with Gasteiger partial charge in [0.15, 0.2) is 0 Å². The molecule has 0 spiro atoms. The highest BCUT2D eigenvalue weighted by atomic mass is 32.1. The summed E-state index contributed by atoms with van der Waals surface area (Å²) in [5.74, 6) is 0.760. The monoisotopic (exact) mass is 344 g/mol. The molecule has 1 heterocycles. The number of benzene rings is 1. The molecule has 2 N–H and O–H groups in total. The van der Waals surface area contributed by atoms with E-state index in [1.165, 1.54) is 11.3 Å². The summed E-state index contributed by atoms with van der Waals surface area (Å²) >= 11 is 1.48. The second-order valence-corrected chi connectivity index (χ2v) is 6.59. The maximum atomic E-state index is 12.5. The molecule has 1 aliphatic rings. The lowest BCUT2D eigenvalue weighted by atomic mass is 9.94. The van der Waals surface area contributed by atoms with Crippen LogP contribution < -0.4 is 10.1 Å². The first-order chi connectivity index (χ1) is 11.7. The van der Waals surface area contributed by atoms with Crippen LogP contribution >= 0.6 is 11.3 Å². The average Bonchev–Trinajstić information content (AvgIpc) is 3.06. The topological polar surface area (TPSA) is 70.9 Å². The summed E-state index contributed by atoms with van der Waals surface area (Å²) in [4.78, 5) is 13.4. The highest BCUT2D eigenvalue weighted by Crippen LogP contribution is 2.30. The van der Waals surface area contributed by atoms with Crippen LogP contribution in [0.1, 0.15) is 39.2 Å². The Kier molecular flexibility index (Phi) is 5.15. The molecule has 1 aromatic carbocycles. The van der Waals surface area contributed by atoms with Gasteiger partial charge in [-0.15, -0.1) is 11.3 Å². The predicted octanol–water partition coefficient (Wildman–Crippen LogP) is 3.24. The van der Waals surface area contributed by atoms with E-state index in [9.17, 15) is 4.79 Å². The fourth-order valence-electron chi connectivity index (χ4n) is 2.95. The number of carbonyl (C=O) groups is 1. The van der Waals surface area contributed by atoms with Crippen LogP contribution in [0.5, 0.6) is 5.75 Å². The third kappa shape index (κ3) is 3.43. The molecule has 0 aliphatic heterocycles. The van der Waals surface area contributed by atoms with Crippen molar-refractivity contribution >= 4 is 23.0 Å². The van der Waals surface area contributed by atoms with Crippen LogP contribution in [0, 0.1) is 0 Å². The van der Waals surface area contributed by atoms with Gasteiger partial charge in [-0.3, -0.25) is 4.79 Å². The van der Waals surface area contributed by atoms with Gasteiger partial charge in [0.1, 0.15) is 5.75 Å². The molecular weight excluding hydrogens is 324 g/mol. The van der Waals surface area contributed by atoms with Gasteiger partial charge in [-0.1, -0.05) is 17.3 Å². The Hall–Kier alpha value is -2.34. The van der Waals surface area contributed by atoms with Crippen LogP contribution in [0.25, 0.3) is 0 Å². The Labute approximate surface area is 145 Å². The molecule has 6 heteroatoms. The number of hydrogen-bond acceptors (Lipinski definition) is 5. The zero-order chi connectivity index (χ0) is 16.9. The van der Waals surface area contributed by atoms with Crippen LogP contribution in [0.3, 0.4) is 0 Å². The van der Waals surface area contributed by atoms with Gasteiger partial charge in [0.2, 0.25) is 0 Å². The Balaban J connectivity index is 1.63. The van der Waals surface area contributed by atoms with Crippen molar-refractivity contribution in [2.45, 2.75) is 25.7 Å². The van der Waals surface area contributed by atoms with Crippen molar-refractivity contribution in [1.29, 1.82) is 0 Å². The third-order valence-electron chi connectivity index (χ3n) is 4.20. The van der Waals surface area contributed by atoms with Gasteiger partial charge < -0.3 is 15.3 Å². The van der Waals surface area contributed by atoms with Crippen molar-refractivity contribution in [2.75, 3.05) is 13.7 Å². The smallest absolute Gasteiger partial charge is 0.252 e. The molecule has 2 aromatic rings. The predicted molar refractivity (Wildman–Crippen MR) is 94.6 cm³/mol. The molecule has 0 atom stereocenters. The van der Waals surface area contributed by atoms with E-state index in [1.807, 2.05) is 29.6 Å². The number of nitrogens with zero attached hydrogens (tertiary/aromatic N) is 1. The van der Waals surface area contributed by atoms with Crippen LogP contribution in [-0.2, 0) is 12.8 Å². The van der Waals surface area contributed by atoms with Gasteiger partial charge in [-0.25, -0.2) is 0 Å². The van der Waals surface area contributed by atoms with Crippen molar-refractivity contribution in [2.24, 2.45) is 5.16 Å². The molecule has 0 saturated heterocycles. The van der Waals surface area contributed by atoms with Gasteiger partial charge in [-0.2, -0.15) is 0 Å². The maximum absolute atomic E-state index is 12.5. The fourth-order valence-corrected chi connectivity index (χ4v) is 4.07. The molecule has 0 radical (unpaired) electrons. The Morgan fingerprint density at radius 1 is 1.42 bits per heavy atom. The fraction of sp³-hybridized carbons (Fsp3) is 0.333. The second-order valence-electron chi connectivity index (χ2n) is 5.71. The minimum absolute atomic E-state index is 0.0606. The van der Waals surface area contributed by atoms with E-state index in [1.54, 1.807) is 7.11 Å². The third-order valence-corrected chi connectivity index (χ3v) is 5.27. The van der Waals surface area contributed by atoms with Gasteiger partial charge in [0.25, 0.3) is 5.91 Å². The first-order valence-corrected chi connectivity index (χ1v) is 8.83. The lowest BCUT2D eigenvalue weighted by Gasteiger charge is -2.14. The summed E-state index contributed by atoms with van der Waals surface area (Å²) in [6, 6.07) is 7.84. The quantitative estimate of drug-likeness (QED) is 0.646. The lowest BCUT2D eigenvalue weighted by molar-refractivity contribution is 0.0953. The summed E-state index contributed by atoms with van der Waals surface area (Å²) in [5.41, 5.74) is 3.54. The van der Waals surface area contributed by atoms with Gasteiger partial charge >= 0.3 is 0 Å². The van der Waals surface area contributed by atoms with Crippen LogP contribution in [0.15, 0.2) is 34.8 Å². The van der Waals surface area contributed by atoms with Crippen LogP contribution in [0.2, 0.25) is 0 Å². The number of ether oxygens (including phenoxy) is 1. The second kappa shape index (κ2) is 7.49. The standard InChI is InChI=1S/C18H20N2O3S/c1-23-13-5-2-4-12(10-13)8-9-19-18(21)15-11-24-17-14(15)6-3-7-16(17)20-22/h2,4-5,10-11,22H,3,6-9H2,1H3,(H,19,21)/b20-16-. The average molecular weight is 344 g/mol. The van der Waals surface area contributed by atoms with Gasteiger partial charge in [0, 0.05) is 11.9 Å². The number of amides is 1. The van der Waals surface area contributed by atoms with E-state index in [2.05, 4.69) is 10.5 Å². The summed E-state index contributed by atoms with van der Waals surface area (Å²) in [7, 11) is 1.64. The minimum atomic E-state index is -0.0606. The van der Waals surface area contributed by atoms with Crippen molar-refractivity contribution in [1.82, 2.24) is 5.32 Å². The van der Waals surface area contributed by atoms with E-state index in [0.717, 1.165) is 47.4 Å². The molecule has 0 saturated carbocycles. The number of fused-ring (bicyclic) bond motifs is 1. The first kappa shape index (κ1) is 16.5. The number of methoxy groups -OCH3 is 1. The molecule has 5 nitrogen and oxygen atoms in total. The van der Waals surface area contributed by atoms with Crippen LogP contribution in [0.4, 0.5) is 0 Å². The molecule has 126 valence electrons. The number of hydrogen-bond donors (Lipinski definition) is 2. The highest BCUT2D eigenvalue weighted by Gasteiger charge is 2.24. The molecular formula is C18H20N2O3S. The van der Waals surface area contributed by atoms with Crippen LogP contribution in [-0.4, -0.2) is 30.5 Å². The van der Waals surface area contributed by atoms with Crippen molar-refractivity contribution in [3.8, 4) is 5.75 Å². The molecule has 0 fully saturated rings. The van der Waals surface area contributed by atoms with Crippen molar-refractivity contribution in [3.63, 3.8) is 0 Å². The number of thiophene rings is 1. The molecule has 1 amide bonds. The normalized spacial score (nSPS) is 15.1. The largest absolute Gasteiger partial charge is 0.497 e. The summed E-state index contributed by atoms with van der Waals surface area (Å²) < 4.78 is 5.21.